The molecule has 9 N–H and O–H groups in total. The highest BCUT2D eigenvalue weighted by atomic mass is 16.7. The van der Waals surface area contributed by atoms with E-state index in [2.05, 4.69) is 0 Å². The molecule has 0 unspecified atom stereocenters. The average molecular weight is 444 g/mol. The zero-order valence-corrected chi connectivity index (χ0v) is 15.7. The Morgan fingerprint density at radius 1 is 0.633 bits per heavy atom. The zero-order chi connectivity index (χ0) is 22.2. The molecular weight excluding hydrogens is 416 g/mol. The maximum absolute atomic E-state index is 10.3. The number of hydrogen-bond donors (Lipinski definition) is 9. The summed E-state index contributed by atoms with van der Waals surface area (Å²) in [6.07, 6.45) is -19.5. The van der Waals surface area contributed by atoms with Gasteiger partial charge in [0.1, 0.15) is 61.0 Å². The van der Waals surface area contributed by atoms with Crippen LogP contribution in [0.25, 0.3) is 0 Å². The van der Waals surface area contributed by atoms with Gasteiger partial charge in [-0.05, 0) is 0 Å². The summed E-state index contributed by atoms with van der Waals surface area (Å²) in [5.74, 6) is 0. The summed E-state index contributed by atoms with van der Waals surface area (Å²) >= 11 is 0. The second-order valence-electron chi connectivity index (χ2n) is 7.48. The summed E-state index contributed by atoms with van der Waals surface area (Å²) in [6, 6.07) is 0. The molecule has 0 aromatic heterocycles. The van der Waals surface area contributed by atoms with Gasteiger partial charge in [-0.15, -0.1) is 0 Å². The van der Waals surface area contributed by atoms with Crippen molar-refractivity contribution in [2.45, 2.75) is 79.9 Å². The van der Waals surface area contributed by atoms with Gasteiger partial charge in [0.2, 0.25) is 0 Å². The number of rotatable bonds is 5. The highest BCUT2D eigenvalue weighted by molar-refractivity contribution is 4.90. The van der Waals surface area contributed by atoms with Crippen molar-refractivity contribution in [3.05, 3.63) is 0 Å². The molecule has 3 saturated heterocycles. The average Bonchev–Trinajstić information content (AvgIpc) is 2.72. The second kappa shape index (κ2) is 9.93. The Balaban J connectivity index is 1.50. The molecule has 14 heteroatoms. The molecule has 0 aromatic carbocycles. The molecule has 14 nitrogen and oxygen atoms in total. The minimum absolute atomic E-state index is 0.309. The first-order chi connectivity index (χ1) is 14.1. The van der Waals surface area contributed by atoms with Gasteiger partial charge in [-0.2, -0.15) is 0 Å². The van der Waals surface area contributed by atoms with E-state index in [1.807, 2.05) is 0 Å². The molecule has 3 rings (SSSR count). The molecule has 0 amide bonds. The Hall–Kier alpha value is -0.560. The Morgan fingerprint density at radius 2 is 1.27 bits per heavy atom. The second-order valence-corrected chi connectivity index (χ2v) is 7.48. The van der Waals surface area contributed by atoms with Crippen molar-refractivity contribution in [1.29, 1.82) is 0 Å². The molecule has 0 saturated carbocycles. The van der Waals surface area contributed by atoms with E-state index in [1.165, 1.54) is 0 Å². The summed E-state index contributed by atoms with van der Waals surface area (Å²) in [5, 5.41) is 88.0. The van der Waals surface area contributed by atoms with E-state index in [0.29, 0.717) is 0 Å². The van der Waals surface area contributed by atoms with E-state index in [1.54, 1.807) is 0 Å². The maximum Gasteiger partial charge on any atom is 0.186 e. The van der Waals surface area contributed by atoms with Gasteiger partial charge in [-0.1, -0.05) is 0 Å². The smallest absolute Gasteiger partial charge is 0.186 e. The first-order valence-electron chi connectivity index (χ1n) is 9.40. The highest BCUT2D eigenvalue weighted by Crippen LogP contribution is 2.25. The highest BCUT2D eigenvalue weighted by Gasteiger charge is 2.47. The first-order valence-corrected chi connectivity index (χ1v) is 9.40. The van der Waals surface area contributed by atoms with Crippen LogP contribution in [0.3, 0.4) is 0 Å². The van der Waals surface area contributed by atoms with E-state index in [9.17, 15) is 46.0 Å². The van der Waals surface area contributed by atoms with Crippen molar-refractivity contribution in [3.8, 4) is 0 Å². The van der Waals surface area contributed by atoms with Crippen molar-refractivity contribution >= 4 is 0 Å². The van der Waals surface area contributed by atoms with E-state index >= 15 is 0 Å². The van der Waals surface area contributed by atoms with Crippen LogP contribution >= 0.6 is 0 Å². The van der Waals surface area contributed by atoms with Gasteiger partial charge in [-0.25, -0.2) is 0 Å². The number of ether oxygens (including phenoxy) is 5. The quantitative estimate of drug-likeness (QED) is 0.192. The predicted molar refractivity (Wildman–Crippen MR) is 89.2 cm³/mol. The largest absolute Gasteiger partial charge is 0.388 e. The minimum atomic E-state index is -1.76. The van der Waals surface area contributed by atoms with Gasteiger partial charge < -0.3 is 69.6 Å². The molecule has 3 aliphatic rings. The van der Waals surface area contributed by atoms with Gasteiger partial charge >= 0.3 is 0 Å². The van der Waals surface area contributed by atoms with Crippen LogP contribution in [-0.4, -0.2) is 146 Å². The van der Waals surface area contributed by atoms with Crippen molar-refractivity contribution < 1.29 is 69.6 Å². The molecule has 3 fully saturated rings. The predicted octanol–water partition coefficient (Wildman–Crippen LogP) is -6.29. The topological polar surface area (TPSA) is 228 Å². The van der Waals surface area contributed by atoms with Gasteiger partial charge in [0, 0.05) is 0 Å². The van der Waals surface area contributed by atoms with Gasteiger partial charge in [0.15, 0.2) is 18.9 Å². The third kappa shape index (κ3) is 4.92. The molecule has 3 aliphatic heterocycles. The molecule has 0 spiro atoms. The molecule has 0 radical (unpaired) electrons. The third-order valence-corrected chi connectivity index (χ3v) is 5.31. The minimum Gasteiger partial charge on any atom is -0.388 e. The first kappa shape index (κ1) is 24.1. The van der Waals surface area contributed by atoms with E-state index in [0.717, 1.165) is 0 Å². The van der Waals surface area contributed by atoms with E-state index in [-0.39, 0.29) is 13.2 Å². The molecule has 0 bridgehead atoms. The number of aliphatic hydroxyl groups is 9. The normalized spacial score (nSPS) is 52.9. The lowest BCUT2D eigenvalue weighted by Crippen LogP contribution is -2.61. The fourth-order valence-corrected chi connectivity index (χ4v) is 3.36. The van der Waals surface area contributed by atoms with Crippen LogP contribution in [-0.2, 0) is 23.7 Å². The fourth-order valence-electron chi connectivity index (χ4n) is 3.36. The summed E-state index contributed by atoms with van der Waals surface area (Å²) in [5.41, 5.74) is 0. The fraction of sp³-hybridized carbons (Fsp3) is 1.00. The number of aliphatic hydroxyl groups excluding tert-OH is 9. The molecule has 176 valence electrons. The van der Waals surface area contributed by atoms with Crippen LogP contribution in [0.1, 0.15) is 0 Å². The molecular formula is C16H28O14. The van der Waals surface area contributed by atoms with Crippen LogP contribution in [0.15, 0.2) is 0 Å². The third-order valence-electron chi connectivity index (χ3n) is 5.31. The SMILES string of the molecule is O[C@@H]1[C@@H](O)[C@H](O)O[C@H](CO[C@H]2OC[C@@H](O[C@@H]3OC[C@@H](O)[C@H](O)[C@H]3O)[C@@H](O)[C@@H]2O)[C@H]1O. The zero-order valence-electron chi connectivity index (χ0n) is 15.7. The van der Waals surface area contributed by atoms with Crippen molar-refractivity contribution in [2.75, 3.05) is 19.8 Å². The summed E-state index contributed by atoms with van der Waals surface area (Å²) < 4.78 is 25.9. The van der Waals surface area contributed by atoms with E-state index in [4.69, 9.17) is 23.7 Å². The lowest BCUT2D eigenvalue weighted by molar-refractivity contribution is -0.337. The van der Waals surface area contributed by atoms with Crippen LogP contribution in [0.2, 0.25) is 0 Å². The number of hydrogen-bond acceptors (Lipinski definition) is 14. The lowest BCUT2D eigenvalue weighted by Gasteiger charge is -2.42. The van der Waals surface area contributed by atoms with Crippen molar-refractivity contribution in [3.63, 3.8) is 0 Å². The molecule has 30 heavy (non-hydrogen) atoms. The van der Waals surface area contributed by atoms with Gasteiger partial charge in [-0.3, -0.25) is 0 Å². The molecule has 0 aromatic rings. The van der Waals surface area contributed by atoms with Crippen LogP contribution < -0.4 is 0 Å². The van der Waals surface area contributed by atoms with Crippen molar-refractivity contribution in [2.24, 2.45) is 0 Å². The standard InChI is InChI=1S/C16H28O14/c17-4-1-26-16(12(23)7(4)18)30-6-3-28-15(13(24)9(6)20)27-2-5-8(19)10(21)11(22)14(25)29-5/h4-25H,1-3H2/t4-,5-,6-,7+,8-,9-,10+,11-,12-,13+,14-,15+,16+/m1/s1. The summed E-state index contributed by atoms with van der Waals surface area (Å²) in [6.45, 7) is -1.08. The lowest BCUT2D eigenvalue weighted by atomic mass is 9.99. The molecule has 3 heterocycles. The van der Waals surface area contributed by atoms with Crippen LogP contribution in [0.4, 0.5) is 0 Å². The van der Waals surface area contributed by atoms with Crippen LogP contribution in [0, 0.1) is 0 Å². The Labute approximate surface area is 170 Å². The summed E-state index contributed by atoms with van der Waals surface area (Å²) in [7, 11) is 0. The summed E-state index contributed by atoms with van der Waals surface area (Å²) in [4.78, 5) is 0. The van der Waals surface area contributed by atoms with Gasteiger partial charge in [0.25, 0.3) is 0 Å². The monoisotopic (exact) mass is 444 g/mol. The van der Waals surface area contributed by atoms with Gasteiger partial charge in [0.05, 0.1) is 19.8 Å². The Bertz CT molecular complexity index is 552. The van der Waals surface area contributed by atoms with Crippen molar-refractivity contribution in [1.82, 2.24) is 0 Å². The maximum atomic E-state index is 10.3. The molecule has 13 atom stereocenters. The Morgan fingerprint density at radius 3 is 1.97 bits per heavy atom. The van der Waals surface area contributed by atoms with E-state index < -0.39 is 86.5 Å². The molecule has 0 aliphatic carbocycles. The Kier molecular flexibility index (Phi) is 7.97. The van der Waals surface area contributed by atoms with Crippen LogP contribution in [0.5, 0.6) is 0 Å².